The Morgan fingerprint density at radius 2 is 1.67 bits per heavy atom. The van der Waals surface area contributed by atoms with E-state index in [9.17, 15) is 19.8 Å². The number of fused-ring (bicyclic) bond motifs is 2. The van der Waals surface area contributed by atoms with Gasteiger partial charge in [0, 0.05) is 0 Å². The van der Waals surface area contributed by atoms with E-state index in [2.05, 4.69) is 5.32 Å². The summed E-state index contributed by atoms with van der Waals surface area (Å²) >= 11 is 0. The Bertz CT molecular complexity index is 461. The fourth-order valence-electron chi connectivity index (χ4n) is 4.25. The number of carbonyl (C=O) groups is 2. The molecule has 0 heterocycles. The minimum atomic E-state index is -0.881. The molecule has 0 radical (unpaired) electrons. The van der Waals surface area contributed by atoms with E-state index in [1.807, 2.05) is 12.2 Å². The van der Waals surface area contributed by atoms with Gasteiger partial charge in [0.05, 0.1) is 24.0 Å². The van der Waals surface area contributed by atoms with E-state index in [0.717, 1.165) is 32.1 Å². The Kier molecular flexibility index (Phi) is 4.02. The van der Waals surface area contributed by atoms with Gasteiger partial charge >= 0.3 is 5.97 Å². The molecule has 2 saturated carbocycles. The molecule has 0 aromatic rings. The first-order valence-electron chi connectivity index (χ1n) is 7.97. The number of aliphatic hydroxyl groups is 1. The lowest BCUT2D eigenvalue weighted by molar-refractivity contribution is -0.148. The smallest absolute Gasteiger partial charge is 0.307 e. The van der Waals surface area contributed by atoms with Crippen molar-refractivity contribution in [2.45, 2.75) is 50.7 Å². The van der Waals surface area contributed by atoms with E-state index in [0.29, 0.717) is 6.42 Å². The van der Waals surface area contributed by atoms with Crippen molar-refractivity contribution in [3.05, 3.63) is 12.2 Å². The molecule has 5 heteroatoms. The number of hydrogen-bond acceptors (Lipinski definition) is 3. The molecule has 1 amide bonds. The average Bonchev–Trinajstić information content (AvgIpc) is 3.00. The number of aliphatic carboxylic acids is 1. The Morgan fingerprint density at radius 1 is 1.00 bits per heavy atom. The molecule has 6 atom stereocenters. The van der Waals surface area contributed by atoms with Crippen LogP contribution in [0, 0.1) is 23.7 Å². The summed E-state index contributed by atoms with van der Waals surface area (Å²) in [5, 5.41) is 22.4. The van der Waals surface area contributed by atoms with Crippen LogP contribution in [0.25, 0.3) is 0 Å². The van der Waals surface area contributed by atoms with Crippen LogP contribution in [0.1, 0.15) is 38.5 Å². The van der Waals surface area contributed by atoms with E-state index < -0.39 is 23.9 Å². The van der Waals surface area contributed by atoms with Crippen molar-refractivity contribution in [3.63, 3.8) is 0 Å². The zero-order valence-electron chi connectivity index (χ0n) is 12.1. The molecule has 2 fully saturated rings. The topological polar surface area (TPSA) is 86.6 Å². The van der Waals surface area contributed by atoms with Crippen molar-refractivity contribution in [1.29, 1.82) is 0 Å². The van der Waals surface area contributed by atoms with Gasteiger partial charge in [-0.05, 0) is 31.1 Å². The van der Waals surface area contributed by atoms with Gasteiger partial charge < -0.3 is 15.5 Å². The standard InChI is InChI=1S/C16H23NO4/c18-12-5-3-1-2-4-11(12)17-15(19)13-9-6-7-10(8-9)14(13)16(20)21/h6-7,9-14,18H,1-5,8H2,(H,17,19)(H,20,21)/t9?,10?,11?,12?,13-,14+/m0/s1. The Morgan fingerprint density at radius 3 is 2.38 bits per heavy atom. The molecule has 5 nitrogen and oxygen atoms in total. The molecule has 3 aliphatic carbocycles. The third kappa shape index (κ3) is 2.71. The number of allylic oxidation sites excluding steroid dienone is 2. The van der Waals surface area contributed by atoms with Gasteiger partial charge in [-0.3, -0.25) is 9.59 Å². The Labute approximate surface area is 124 Å². The number of nitrogens with one attached hydrogen (secondary N) is 1. The van der Waals surface area contributed by atoms with E-state index in [4.69, 9.17) is 0 Å². The van der Waals surface area contributed by atoms with E-state index in [-0.39, 0.29) is 23.8 Å². The number of carbonyl (C=O) groups excluding carboxylic acids is 1. The predicted octanol–water partition coefficient (Wildman–Crippen LogP) is 1.32. The highest BCUT2D eigenvalue weighted by Crippen LogP contribution is 2.48. The summed E-state index contributed by atoms with van der Waals surface area (Å²) in [6, 6.07) is -0.224. The predicted molar refractivity (Wildman–Crippen MR) is 76.4 cm³/mol. The number of rotatable bonds is 3. The van der Waals surface area contributed by atoms with Gasteiger partial charge in [-0.25, -0.2) is 0 Å². The van der Waals surface area contributed by atoms with Crippen molar-refractivity contribution in [3.8, 4) is 0 Å². The molecule has 116 valence electrons. The van der Waals surface area contributed by atoms with Crippen LogP contribution in [0.4, 0.5) is 0 Å². The highest BCUT2D eigenvalue weighted by atomic mass is 16.4. The van der Waals surface area contributed by atoms with Gasteiger partial charge in [-0.2, -0.15) is 0 Å². The number of hydrogen-bond donors (Lipinski definition) is 3. The van der Waals surface area contributed by atoms with Gasteiger partial charge in [0.25, 0.3) is 0 Å². The molecule has 0 saturated heterocycles. The molecule has 3 aliphatic rings. The molecule has 0 aliphatic heterocycles. The van der Waals surface area contributed by atoms with Gasteiger partial charge in [0.15, 0.2) is 0 Å². The molecule has 3 rings (SSSR count). The summed E-state index contributed by atoms with van der Waals surface area (Å²) in [6.45, 7) is 0. The lowest BCUT2D eigenvalue weighted by Crippen LogP contribution is -2.48. The van der Waals surface area contributed by atoms with Crippen molar-refractivity contribution in [2.24, 2.45) is 23.7 Å². The Balaban J connectivity index is 1.69. The quantitative estimate of drug-likeness (QED) is 0.541. The summed E-state index contributed by atoms with van der Waals surface area (Å²) in [7, 11) is 0. The first kappa shape index (κ1) is 14.6. The summed E-state index contributed by atoms with van der Waals surface area (Å²) in [5.41, 5.74) is 0. The zero-order chi connectivity index (χ0) is 15.0. The lowest BCUT2D eigenvalue weighted by atomic mass is 9.82. The summed E-state index contributed by atoms with van der Waals surface area (Å²) in [6.07, 6.45) is 8.74. The summed E-state index contributed by atoms with van der Waals surface area (Å²) in [4.78, 5) is 24.0. The van der Waals surface area contributed by atoms with Crippen LogP contribution in [0.15, 0.2) is 12.2 Å². The highest BCUT2D eigenvalue weighted by molar-refractivity contribution is 5.87. The second kappa shape index (κ2) is 5.79. The molecule has 3 N–H and O–H groups in total. The normalized spacial score (nSPS) is 41.8. The third-order valence-corrected chi connectivity index (χ3v) is 5.35. The SMILES string of the molecule is O=C(O)[C@@H]1C2C=CC(C2)[C@@H]1C(=O)NC1CCCCCC1O. The monoisotopic (exact) mass is 293 g/mol. The summed E-state index contributed by atoms with van der Waals surface area (Å²) < 4.78 is 0. The first-order chi connectivity index (χ1) is 10.1. The van der Waals surface area contributed by atoms with Crippen LogP contribution in [0.3, 0.4) is 0 Å². The van der Waals surface area contributed by atoms with Gasteiger partial charge in [0.1, 0.15) is 0 Å². The second-order valence-electron chi connectivity index (χ2n) is 6.66. The zero-order valence-corrected chi connectivity index (χ0v) is 12.1. The molecular formula is C16H23NO4. The average molecular weight is 293 g/mol. The van der Waals surface area contributed by atoms with Crippen LogP contribution in [-0.4, -0.2) is 34.2 Å². The third-order valence-electron chi connectivity index (χ3n) is 5.35. The number of aliphatic hydroxyl groups excluding tert-OH is 1. The maximum absolute atomic E-state index is 12.6. The molecule has 0 spiro atoms. The van der Waals surface area contributed by atoms with E-state index in [1.54, 1.807) is 0 Å². The van der Waals surface area contributed by atoms with Crippen molar-refractivity contribution in [1.82, 2.24) is 5.32 Å². The van der Waals surface area contributed by atoms with Crippen LogP contribution in [0.5, 0.6) is 0 Å². The number of carboxylic acids is 1. The van der Waals surface area contributed by atoms with E-state index >= 15 is 0 Å². The number of carboxylic acid groups (broad SMARTS) is 1. The minimum absolute atomic E-state index is 0.0118. The highest BCUT2D eigenvalue weighted by Gasteiger charge is 2.51. The van der Waals surface area contributed by atoms with E-state index in [1.165, 1.54) is 0 Å². The van der Waals surface area contributed by atoms with Crippen LogP contribution in [0.2, 0.25) is 0 Å². The van der Waals surface area contributed by atoms with Gasteiger partial charge in [0.2, 0.25) is 5.91 Å². The van der Waals surface area contributed by atoms with Crippen molar-refractivity contribution in [2.75, 3.05) is 0 Å². The van der Waals surface area contributed by atoms with Crippen molar-refractivity contribution < 1.29 is 19.8 Å². The summed E-state index contributed by atoms with van der Waals surface area (Å²) in [5.74, 6) is -2.13. The molecule has 0 aromatic heterocycles. The molecule has 21 heavy (non-hydrogen) atoms. The fraction of sp³-hybridized carbons (Fsp3) is 0.750. The molecular weight excluding hydrogens is 270 g/mol. The van der Waals surface area contributed by atoms with Crippen LogP contribution >= 0.6 is 0 Å². The first-order valence-corrected chi connectivity index (χ1v) is 7.97. The maximum Gasteiger partial charge on any atom is 0.307 e. The van der Waals surface area contributed by atoms with Crippen molar-refractivity contribution >= 4 is 11.9 Å². The molecule has 0 aromatic carbocycles. The molecule has 2 bridgehead atoms. The maximum atomic E-state index is 12.6. The van der Waals surface area contributed by atoms with Crippen LogP contribution in [-0.2, 0) is 9.59 Å². The minimum Gasteiger partial charge on any atom is -0.481 e. The Hall–Kier alpha value is -1.36. The largest absolute Gasteiger partial charge is 0.481 e. The lowest BCUT2D eigenvalue weighted by Gasteiger charge is -2.28. The molecule has 4 unspecified atom stereocenters. The number of amides is 1. The van der Waals surface area contributed by atoms with Gasteiger partial charge in [-0.15, -0.1) is 0 Å². The fourth-order valence-corrected chi connectivity index (χ4v) is 4.25. The van der Waals surface area contributed by atoms with Crippen LogP contribution < -0.4 is 5.32 Å². The second-order valence-corrected chi connectivity index (χ2v) is 6.66. The van der Waals surface area contributed by atoms with Gasteiger partial charge in [-0.1, -0.05) is 31.4 Å².